The molecule has 0 bridgehead atoms. The molecule has 158 valence electrons. The van der Waals surface area contributed by atoms with Crippen LogP contribution in [0.4, 0.5) is 15.8 Å². The Kier molecular flexibility index (Phi) is 6.18. The molecule has 6 nitrogen and oxygen atoms in total. The summed E-state index contributed by atoms with van der Waals surface area (Å²) >= 11 is 1.46. The van der Waals surface area contributed by atoms with Gasteiger partial charge < -0.3 is 14.8 Å². The molecule has 1 N–H and O–H groups in total. The fourth-order valence-electron chi connectivity index (χ4n) is 3.17. The average molecular weight is 436 g/mol. The summed E-state index contributed by atoms with van der Waals surface area (Å²) in [5.41, 5.74) is 4.18. The van der Waals surface area contributed by atoms with Crippen LogP contribution in [0.3, 0.4) is 0 Å². The van der Waals surface area contributed by atoms with E-state index in [1.54, 1.807) is 18.5 Å². The van der Waals surface area contributed by atoms with E-state index in [2.05, 4.69) is 15.3 Å². The van der Waals surface area contributed by atoms with Crippen molar-refractivity contribution in [2.24, 2.45) is 0 Å². The normalized spacial score (nSPS) is 10.9. The van der Waals surface area contributed by atoms with E-state index in [0.717, 1.165) is 28.0 Å². The summed E-state index contributed by atoms with van der Waals surface area (Å²) in [6, 6.07) is 16.0. The average Bonchev–Trinajstić information content (AvgIpc) is 3.10. The first-order chi connectivity index (χ1) is 15.0. The smallest absolute Gasteiger partial charge is 0.244 e. The molecule has 31 heavy (non-hydrogen) atoms. The number of carbonyl (C=O) groups is 1. The van der Waals surface area contributed by atoms with Crippen molar-refractivity contribution >= 4 is 40.1 Å². The molecule has 4 rings (SSSR count). The molecule has 0 radical (unpaired) electrons. The number of fused-ring (bicyclic) bond motifs is 1. The summed E-state index contributed by atoms with van der Waals surface area (Å²) < 4.78 is 15.3. The maximum atomic E-state index is 13.5. The summed E-state index contributed by atoms with van der Waals surface area (Å²) in [5, 5.41) is 3.62. The molecule has 0 atom stereocenters. The molecule has 0 spiro atoms. The Balaban J connectivity index is 1.52. The monoisotopic (exact) mass is 435 g/mol. The van der Waals surface area contributed by atoms with Crippen molar-refractivity contribution in [2.45, 2.75) is 17.5 Å². The lowest BCUT2D eigenvalue weighted by atomic mass is 10.2. The van der Waals surface area contributed by atoms with E-state index in [0.29, 0.717) is 10.9 Å². The van der Waals surface area contributed by atoms with Crippen LogP contribution in [0.1, 0.15) is 5.56 Å². The second-order valence-corrected chi connectivity index (χ2v) is 8.20. The quantitative estimate of drug-likeness (QED) is 0.431. The number of nitrogens with zero attached hydrogens (tertiary/aromatic N) is 4. The Labute approximate surface area is 184 Å². The van der Waals surface area contributed by atoms with Crippen LogP contribution in [0.5, 0.6) is 0 Å². The van der Waals surface area contributed by atoms with Gasteiger partial charge in [-0.05, 0) is 48.0 Å². The minimum atomic E-state index is -0.268. The van der Waals surface area contributed by atoms with Gasteiger partial charge in [0, 0.05) is 37.4 Å². The predicted molar refractivity (Wildman–Crippen MR) is 123 cm³/mol. The van der Waals surface area contributed by atoms with E-state index < -0.39 is 0 Å². The number of thioether (sulfide) groups is 1. The van der Waals surface area contributed by atoms with Gasteiger partial charge in [0.15, 0.2) is 5.16 Å². The van der Waals surface area contributed by atoms with Crippen LogP contribution in [0.25, 0.3) is 11.0 Å². The molecule has 0 aliphatic heterocycles. The molecule has 2 heterocycles. The maximum absolute atomic E-state index is 13.5. The van der Waals surface area contributed by atoms with E-state index in [1.165, 1.54) is 23.9 Å². The van der Waals surface area contributed by atoms with Crippen LogP contribution in [-0.2, 0) is 17.1 Å². The highest BCUT2D eigenvalue weighted by atomic mass is 32.2. The minimum absolute atomic E-state index is 0.100. The lowest BCUT2D eigenvalue weighted by Gasteiger charge is -2.13. The molecule has 0 saturated carbocycles. The third-order valence-electron chi connectivity index (χ3n) is 4.74. The Hall–Kier alpha value is -3.39. The number of nitrogens with one attached hydrogen (secondary N) is 1. The number of carbonyl (C=O) groups excluding carboxylic acids is 1. The number of anilines is 2. The van der Waals surface area contributed by atoms with E-state index >= 15 is 0 Å². The zero-order chi connectivity index (χ0) is 21.8. The van der Waals surface area contributed by atoms with E-state index in [9.17, 15) is 9.18 Å². The summed E-state index contributed by atoms with van der Waals surface area (Å²) in [6.07, 6.45) is 3.38. The summed E-state index contributed by atoms with van der Waals surface area (Å²) in [5.74, 6) is 0.117. The number of rotatable bonds is 7. The van der Waals surface area contributed by atoms with Gasteiger partial charge >= 0.3 is 0 Å². The molecule has 4 aromatic rings. The van der Waals surface area contributed by atoms with Gasteiger partial charge in [-0.25, -0.2) is 9.37 Å². The Morgan fingerprint density at radius 1 is 1.16 bits per heavy atom. The highest BCUT2D eigenvalue weighted by Gasteiger charge is 2.15. The van der Waals surface area contributed by atoms with Crippen LogP contribution >= 0.6 is 11.8 Å². The molecule has 0 fully saturated rings. The highest BCUT2D eigenvalue weighted by Crippen LogP contribution is 2.27. The van der Waals surface area contributed by atoms with Crippen molar-refractivity contribution in [3.05, 3.63) is 78.4 Å². The van der Waals surface area contributed by atoms with Gasteiger partial charge in [0.05, 0.1) is 17.2 Å². The third kappa shape index (κ3) is 5.03. The largest absolute Gasteiger partial charge is 0.378 e. The number of hydrogen-bond acceptors (Lipinski definition) is 5. The molecule has 0 unspecified atom stereocenters. The Bertz CT molecular complexity index is 1210. The van der Waals surface area contributed by atoms with Gasteiger partial charge in [0.1, 0.15) is 12.4 Å². The van der Waals surface area contributed by atoms with Crippen molar-refractivity contribution in [2.75, 3.05) is 24.3 Å². The molecular weight excluding hydrogens is 413 g/mol. The first-order valence-corrected chi connectivity index (χ1v) is 10.7. The van der Waals surface area contributed by atoms with E-state index in [1.807, 2.05) is 60.0 Å². The first-order valence-electron chi connectivity index (χ1n) is 9.74. The number of benzene rings is 2. The van der Waals surface area contributed by atoms with Crippen LogP contribution in [0, 0.1) is 5.82 Å². The molecule has 0 aliphatic carbocycles. The van der Waals surface area contributed by atoms with Crippen LogP contribution in [0.2, 0.25) is 0 Å². The standard InChI is InChI=1S/C23H22FN5OS/c1-28(2)19-8-6-18(7-9-19)26-22(30)14-29-21-13-25-11-10-20(21)27-23(29)31-15-16-4-3-5-17(24)12-16/h3-13H,14-15H2,1-2H3,(H,26,30). The van der Waals surface area contributed by atoms with Crippen molar-refractivity contribution in [1.82, 2.24) is 14.5 Å². The number of hydrogen-bond donors (Lipinski definition) is 1. The van der Waals surface area contributed by atoms with Gasteiger partial charge in [0.2, 0.25) is 5.91 Å². The molecular formula is C23H22FN5OS. The molecule has 0 saturated heterocycles. The maximum Gasteiger partial charge on any atom is 0.244 e. The fraction of sp³-hybridized carbons (Fsp3) is 0.174. The first kappa shape index (κ1) is 20.9. The van der Waals surface area contributed by atoms with Gasteiger partial charge in [-0.15, -0.1) is 0 Å². The molecule has 2 aromatic heterocycles. The zero-order valence-electron chi connectivity index (χ0n) is 17.2. The van der Waals surface area contributed by atoms with Crippen molar-refractivity contribution in [3.8, 4) is 0 Å². The van der Waals surface area contributed by atoms with Crippen molar-refractivity contribution in [3.63, 3.8) is 0 Å². The van der Waals surface area contributed by atoms with Crippen LogP contribution < -0.4 is 10.2 Å². The molecule has 2 aromatic carbocycles. The zero-order valence-corrected chi connectivity index (χ0v) is 18.1. The third-order valence-corrected chi connectivity index (χ3v) is 5.79. The van der Waals surface area contributed by atoms with Crippen molar-refractivity contribution in [1.29, 1.82) is 0 Å². The topological polar surface area (TPSA) is 63.1 Å². The number of amides is 1. The number of halogens is 1. The molecule has 1 amide bonds. The molecule has 8 heteroatoms. The van der Waals surface area contributed by atoms with Gasteiger partial charge in [-0.3, -0.25) is 9.78 Å². The second-order valence-electron chi connectivity index (χ2n) is 7.25. The summed E-state index contributed by atoms with van der Waals surface area (Å²) in [4.78, 5) is 23.6. The summed E-state index contributed by atoms with van der Waals surface area (Å²) in [6.45, 7) is 0.100. The predicted octanol–water partition coefficient (Wildman–Crippen LogP) is 4.57. The SMILES string of the molecule is CN(C)c1ccc(NC(=O)Cn2c(SCc3cccc(F)c3)nc3ccncc32)cc1. The Morgan fingerprint density at radius 3 is 2.71 bits per heavy atom. The Morgan fingerprint density at radius 2 is 1.97 bits per heavy atom. The number of aromatic nitrogens is 3. The minimum Gasteiger partial charge on any atom is -0.378 e. The van der Waals surface area contributed by atoms with Crippen molar-refractivity contribution < 1.29 is 9.18 Å². The van der Waals surface area contributed by atoms with Gasteiger partial charge in [0.25, 0.3) is 0 Å². The summed E-state index contributed by atoms with van der Waals surface area (Å²) in [7, 11) is 3.93. The van der Waals surface area contributed by atoms with Crippen LogP contribution in [0.15, 0.2) is 72.1 Å². The lowest BCUT2D eigenvalue weighted by Crippen LogP contribution is -2.19. The van der Waals surface area contributed by atoms with Gasteiger partial charge in [-0.2, -0.15) is 0 Å². The van der Waals surface area contributed by atoms with E-state index in [-0.39, 0.29) is 18.3 Å². The second kappa shape index (κ2) is 9.18. The highest BCUT2D eigenvalue weighted by molar-refractivity contribution is 7.98. The lowest BCUT2D eigenvalue weighted by molar-refractivity contribution is -0.116. The number of imidazole rings is 1. The fourth-order valence-corrected chi connectivity index (χ4v) is 4.13. The van der Waals surface area contributed by atoms with Crippen LogP contribution in [-0.4, -0.2) is 34.5 Å². The number of pyridine rings is 1. The molecule has 0 aliphatic rings. The van der Waals surface area contributed by atoms with E-state index in [4.69, 9.17) is 0 Å². The van der Waals surface area contributed by atoms with Gasteiger partial charge in [-0.1, -0.05) is 23.9 Å².